The van der Waals surface area contributed by atoms with Crippen LogP contribution < -0.4 is 5.32 Å². The Labute approximate surface area is 103 Å². The van der Waals surface area contributed by atoms with Crippen molar-refractivity contribution in [2.45, 2.75) is 19.4 Å². The topological polar surface area (TPSA) is 21.3 Å². The Morgan fingerprint density at radius 3 is 3.13 bits per heavy atom. The summed E-state index contributed by atoms with van der Waals surface area (Å²) in [7, 11) is 0. The lowest BCUT2D eigenvalue weighted by molar-refractivity contribution is 0.177. The summed E-state index contributed by atoms with van der Waals surface area (Å²) in [5.41, 5.74) is 0. The summed E-state index contributed by atoms with van der Waals surface area (Å²) in [6.45, 7) is 4.97. The fraction of sp³-hybridized carbons (Fsp3) is 0.636. The standard InChI is InChI=1S/C11H16BrNOS/c1-2-13-10(8-3-5-14-7-8)11-9(12)4-6-15-11/h4,6,8,10,13H,2-3,5,7H2,1H3. The molecule has 2 heterocycles. The molecule has 1 aliphatic heterocycles. The average Bonchev–Trinajstić information content (AvgIpc) is 2.85. The minimum absolute atomic E-state index is 0.451. The molecule has 0 amide bonds. The Morgan fingerprint density at radius 2 is 2.60 bits per heavy atom. The zero-order chi connectivity index (χ0) is 10.7. The smallest absolute Gasteiger partial charge is 0.0513 e. The van der Waals surface area contributed by atoms with Crippen LogP contribution in [-0.4, -0.2) is 19.8 Å². The van der Waals surface area contributed by atoms with E-state index in [4.69, 9.17) is 4.74 Å². The van der Waals surface area contributed by atoms with Gasteiger partial charge in [0.15, 0.2) is 0 Å². The molecule has 0 aromatic carbocycles. The normalized spacial score (nSPS) is 23.2. The molecule has 1 aromatic heterocycles. The molecule has 2 nitrogen and oxygen atoms in total. The Morgan fingerprint density at radius 1 is 1.73 bits per heavy atom. The molecule has 1 saturated heterocycles. The molecule has 1 N–H and O–H groups in total. The summed E-state index contributed by atoms with van der Waals surface area (Å²) in [6, 6.07) is 2.58. The van der Waals surface area contributed by atoms with Gasteiger partial charge in [-0.1, -0.05) is 6.92 Å². The van der Waals surface area contributed by atoms with Crippen molar-refractivity contribution in [1.29, 1.82) is 0 Å². The maximum atomic E-state index is 5.47. The molecule has 2 unspecified atom stereocenters. The van der Waals surface area contributed by atoms with E-state index in [0.717, 1.165) is 19.8 Å². The van der Waals surface area contributed by atoms with Crippen molar-refractivity contribution in [2.24, 2.45) is 5.92 Å². The third kappa shape index (κ3) is 2.61. The quantitative estimate of drug-likeness (QED) is 0.919. The first-order valence-electron chi connectivity index (χ1n) is 5.37. The van der Waals surface area contributed by atoms with Crippen LogP contribution in [0.4, 0.5) is 0 Å². The second-order valence-electron chi connectivity index (χ2n) is 3.79. The highest BCUT2D eigenvalue weighted by Gasteiger charge is 2.28. The van der Waals surface area contributed by atoms with Crippen LogP contribution in [0.5, 0.6) is 0 Å². The summed E-state index contributed by atoms with van der Waals surface area (Å²) >= 11 is 5.43. The molecule has 1 aliphatic rings. The lowest BCUT2D eigenvalue weighted by Gasteiger charge is -2.22. The predicted octanol–water partition coefficient (Wildman–Crippen LogP) is 3.20. The van der Waals surface area contributed by atoms with E-state index < -0.39 is 0 Å². The van der Waals surface area contributed by atoms with Crippen LogP contribution in [0.25, 0.3) is 0 Å². The predicted molar refractivity (Wildman–Crippen MR) is 67.4 cm³/mol. The summed E-state index contributed by atoms with van der Waals surface area (Å²) in [4.78, 5) is 1.41. The monoisotopic (exact) mass is 289 g/mol. The molecule has 15 heavy (non-hydrogen) atoms. The van der Waals surface area contributed by atoms with Gasteiger partial charge in [0.1, 0.15) is 0 Å². The van der Waals surface area contributed by atoms with Crippen molar-refractivity contribution in [1.82, 2.24) is 5.32 Å². The number of ether oxygens (including phenoxy) is 1. The molecular formula is C11H16BrNOS. The zero-order valence-corrected chi connectivity index (χ0v) is 11.2. The minimum atomic E-state index is 0.451. The molecule has 0 bridgehead atoms. The van der Waals surface area contributed by atoms with Crippen molar-refractivity contribution in [3.8, 4) is 0 Å². The van der Waals surface area contributed by atoms with Gasteiger partial charge in [0.05, 0.1) is 6.61 Å². The third-order valence-electron chi connectivity index (χ3n) is 2.79. The first kappa shape index (κ1) is 11.6. The van der Waals surface area contributed by atoms with Crippen LogP contribution in [-0.2, 0) is 4.74 Å². The van der Waals surface area contributed by atoms with Gasteiger partial charge in [-0.05, 0) is 40.3 Å². The molecule has 1 fully saturated rings. The molecule has 0 radical (unpaired) electrons. The second-order valence-corrected chi connectivity index (χ2v) is 5.59. The van der Waals surface area contributed by atoms with E-state index >= 15 is 0 Å². The van der Waals surface area contributed by atoms with Gasteiger partial charge in [-0.25, -0.2) is 0 Å². The molecular weight excluding hydrogens is 274 g/mol. The fourth-order valence-corrected chi connectivity index (χ4v) is 3.82. The molecule has 0 spiro atoms. The van der Waals surface area contributed by atoms with Gasteiger partial charge >= 0.3 is 0 Å². The minimum Gasteiger partial charge on any atom is -0.381 e. The molecule has 4 heteroatoms. The maximum Gasteiger partial charge on any atom is 0.0513 e. The summed E-state index contributed by atoms with van der Waals surface area (Å²) in [5, 5.41) is 5.71. The number of thiophene rings is 1. The van der Waals surface area contributed by atoms with Crippen molar-refractivity contribution in [3.63, 3.8) is 0 Å². The first-order chi connectivity index (χ1) is 7.33. The van der Waals surface area contributed by atoms with Crippen LogP contribution in [0.15, 0.2) is 15.9 Å². The largest absolute Gasteiger partial charge is 0.381 e. The van der Waals surface area contributed by atoms with Crippen LogP contribution in [0.3, 0.4) is 0 Å². The number of halogens is 1. The second kappa shape index (κ2) is 5.43. The first-order valence-corrected chi connectivity index (χ1v) is 7.04. The van der Waals surface area contributed by atoms with E-state index in [1.54, 1.807) is 0 Å². The highest BCUT2D eigenvalue weighted by atomic mass is 79.9. The number of rotatable bonds is 4. The Kier molecular flexibility index (Phi) is 4.20. The summed E-state index contributed by atoms with van der Waals surface area (Å²) < 4.78 is 6.70. The average molecular weight is 290 g/mol. The van der Waals surface area contributed by atoms with Crippen molar-refractivity contribution < 1.29 is 4.74 Å². The van der Waals surface area contributed by atoms with Crippen LogP contribution in [0, 0.1) is 5.92 Å². The number of nitrogens with one attached hydrogen (secondary N) is 1. The molecule has 1 aromatic rings. The lowest BCUT2D eigenvalue weighted by Crippen LogP contribution is -2.28. The van der Waals surface area contributed by atoms with Gasteiger partial charge in [0.25, 0.3) is 0 Å². The van der Waals surface area contributed by atoms with E-state index in [0.29, 0.717) is 12.0 Å². The van der Waals surface area contributed by atoms with Gasteiger partial charge in [-0.15, -0.1) is 11.3 Å². The number of hydrogen-bond acceptors (Lipinski definition) is 3. The van der Waals surface area contributed by atoms with Gasteiger partial charge in [-0.3, -0.25) is 0 Å². The SMILES string of the molecule is CCNC(c1sccc1Br)C1CCOC1. The molecule has 0 aliphatic carbocycles. The maximum absolute atomic E-state index is 5.47. The lowest BCUT2D eigenvalue weighted by atomic mass is 9.97. The van der Waals surface area contributed by atoms with Crippen LogP contribution in [0.1, 0.15) is 24.3 Å². The highest BCUT2D eigenvalue weighted by Crippen LogP contribution is 2.36. The Hall–Kier alpha value is 0.1000. The van der Waals surface area contributed by atoms with Crippen molar-refractivity contribution in [2.75, 3.05) is 19.8 Å². The van der Waals surface area contributed by atoms with E-state index in [2.05, 4.69) is 39.6 Å². The van der Waals surface area contributed by atoms with Crippen molar-refractivity contribution in [3.05, 3.63) is 20.8 Å². The van der Waals surface area contributed by atoms with Gasteiger partial charge in [0.2, 0.25) is 0 Å². The van der Waals surface area contributed by atoms with E-state index in [9.17, 15) is 0 Å². The Bertz CT molecular complexity index is 309. The van der Waals surface area contributed by atoms with E-state index in [1.165, 1.54) is 15.8 Å². The molecule has 0 saturated carbocycles. The molecule has 2 atom stereocenters. The van der Waals surface area contributed by atoms with Gasteiger partial charge < -0.3 is 10.1 Å². The van der Waals surface area contributed by atoms with Crippen LogP contribution in [0.2, 0.25) is 0 Å². The zero-order valence-electron chi connectivity index (χ0n) is 8.83. The van der Waals surface area contributed by atoms with Crippen LogP contribution >= 0.6 is 27.3 Å². The Balaban J connectivity index is 2.15. The molecule has 2 rings (SSSR count). The van der Waals surface area contributed by atoms with Gasteiger partial charge in [-0.2, -0.15) is 0 Å². The summed E-state index contributed by atoms with van der Waals surface area (Å²) in [6.07, 6.45) is 1.17. The van der Waals surface area contributed by atoms with Gasteiger partial charge in [0, 0.05) is 27.9 Å². The molecule has 84 valence electrons. The van der Waals surface area contributed by atoms with E-state index in [1.807, 2.05) is 11.3 Å². The fourth-order valence-electron chi connectivity index (χ4n) is 2.04. The van der Waals surface area contributed by atoms with Crippen molar-refractivity contribution >= 4 is 27.3 Å². The highest BCUT2D eigenvalue weighted by molar-refractivity contribution is 9.10. The summed E-state index contributed by atoms with van der Waals surface area (Å²) in [5.74, 6) is 0.625. The number of hydrogen-bond donors (Lipinski definition) is 1. The van der Waals surface area contributed by atoms with E-state index in [-0.39, 0.29) is 0 Å². The third-order valence-corrected chi connectivity index (χ3v) is 4.74.